The van der Waals surface area contributed by atoms with E-state index in [1.807, 2.05) is 12.1 Å². The van der Waals surface area contributed by atoms with E-state index in [0.717, 1.165) is 11.3 Å². The molecule has 0 saturated carbocycles. The zero-order valence-corrected chi connectivity index (χ0v) is 12.1. The number of thiophene rings is 1. The van der Waals surface area contributed by atoms with E-state index in [-0.39, 0.29) is 17.3 Å². The Balaban J connectivity index is 1.99. The molecule has 0 radical (unpaired) electrons. The van der Waals surface area contributed by atoms with E-state index >= 15 is 0 Å². The zero-order valence-electron chi connectivity index (χ0n) is 11.3. The molecule has 0 aliphatic carbocycles. The largest absolute Gasteiger partial charge is 0.479 e. The molecule has 6 heteroatoms. The van der Waals surface area contributed by atoms with E-state index < -0.39 is 12.1 Å². The third-order valence-corrected chi connectivity index (χ3v) is 4.29. The first-order chi connectivity index (χ1) is 10.1. The summed E-state index contributed by atoms with van der Waals surface area (Å²) >= 11 is 1.16. The molecule has 1 aromatic heterocycles. The number of aromatic carboxylic acids is 1. The van der Waals surface area contributed by atoms with Crippen LogP contribution in [0.3, 0.4) is 0 Å². The van der Waals surface area contributed by atoms with Crippen LogP contribution in [-0.4, -0.2) is 23.1 Å². The van der Waals surface area contributed by atoms with Crippen LogP contribution in [0.1, 0.15) is 22.2 Å². The quantitative estimate of drug-likeness (QED) is 0.946. The van der Waals surface area contributed by atoms with Gasteiger partial charge in [-0.3, -0.25) is 4.79 Å². The predicted molar refractivity (Wildman–Crippen MR) is 79.0 cm³/mol. The maximum absolute atomic E-state index is 12.4. The molecule has 0 saturated heterocycles. The topological polar surface area (TPSA) is 66.8 Å². The van der Waals surface area contributed by atoms with Crippen molar-refractivity contribution in [1.82, 2.24) is 0 Å². The van der Waals surface area contributed by atoms with Crippen molar-refractivity contribution in [3.8, 4) is 5.75 Å². The molecule has 108 valence electrons. The second kappa shape index (κ2) is 5.21. The predicted octanol–water partition coefficient (Wildman–Crippen LogP) is 2.76. The highest BCUT2D eigenvalue weighted by atomic mass is 32.1. The van der Waals surface area contributed by atoms with E-state index in [1.165, 1.54) is 0 Å². The molecule has 1 aliphatic heterocycles. The summed E-state index contributed by atoms with van der Waals surface area (Å²) in [4.78, 5) is 25.4. The summed E-state index contributed by atoms with van der Waals surface area (Å²) in [5.74, 6) is -0.505. The lowest BCUT2D eigenvalue weighted by atomic mass is 10.1. The molecule has 0 spiro atoms. The normalized spacial score (nSPS) is 17.3. The number of carbonyl (C=O) groups excluding carboxylic acids is 1. The van der Waals surface area contributed by atoms with Crippen LogP contribution in [0.25, 0.3) is 0 Å². The van der Waals surface area contributed by atoms with Gasteiger partial charge < -0.3 is 14.7 Å². The van der Waals surface area contributed by atoms with Gasteiger partial charge in [0.05, 0.1) is 12.2 Å². The SMILES string of the molecule is CC1Oc2ccccc2N(Cc2ccsc2C(=O)O)C1=O. The van der Waals surface area contributed by atoms with Crippen molar-refractivity contribution in [3.63, 3.8) is 0 Å². The number of carboxylic acids is 1. The standard InChI is InChI=1S/C15H13NO4S/c1-9-14(17)16(11-4-2-3-5-12(11)20-9)8-10-6-7-21-13(10)15(18)19/h2-7,9H,8H2,1H3,(H,18,19). The maximum Gasteiger partial charge on any atom is 0.346 e. The minimum atomic E-state index is -0.970. The number of carbonyl (C=O) groups is 2. The number of nitrogens with zero attached hydrogens (tertiary/aromatic N) is 1. The average molecular weight is 303 g/mol. The fourth-order valence-electron chi connectivity index (χ4n) is 2.34. The van der Waals surface area contributed by atoms with Crippen molar-refractivity contribution in [2.24, 2.45) is 0 Å². The van der Waals surface area contributed by atoms with E-state index in [9.17, 15) is 14.7 Å². The molecule has 5 nitrogen and oxygen atoms in total. The smallest absolute Gasteiger partial charge is 0.346 e. The van der Waals surface area contributed by atoms with Gasteiger partial charge in [0, 0.05) is 0 Å². The second-order valence-electron chi connectivity index (χ2n) is 4.73. The monoisotopic (exact) mass is 303 g/mol. The summed E-state index contributed by atoms with van der Waals surface area (Å²) in [6.45, 7) is 1.92. The zero-order chi connectivity index (χ0) is 15.0. The number of rotatable bonds is 3. The number of hydrogen-bond acceptors (Lipinski definition) is 4. The molecule has 0 bridgehead atoms. The third-order valence-electron chi connectivity index (χ3n) is 3.34. The lowest BCUT2D eigenvalue weighted by Crippen LogP contribution is -2.44. The van der Waals surface area contributed by atoms with Gasteiger partial charge in [-0.2, -0.15) is 0 Å². The van der Waals surface area contributed by atoms with Gasteiger partial charge in [0.1, 0.15) is 10.6 Å². The maximum atomic E-state index is 12.4. The molecule has 1 N–H and O–H groups in total. The molecule has 1 aliphatic rings. The number of para-hydroxylation sites is 2. The van der Waals surface area contributed by atoms with Crippen LogP contribution in [0.2, 0.25) is 0 Å². The Morgan fingerprint density at radius 2 is 2.14 bits per heavy atom. The van der Waals surface area contributed by atoms with E-state index in [1.54, 1.807) is 35.4 Å². The number of hydrogen-bond donors (Lipinski definition) is 1. The van der Waals surface area contributed by atoms with Crippen molar-refractivity contribution < 1.29 is 19.4 Å². The molecule has 1 unspecified atom stereocenters. The van der Waals surface area contributed by atoms with Crippen molar-refractivity contribution in [2.45, 2.75) is 19.6 Å². The molecular formula is C15H13NO4S. The Bertz CT molecular complexity index is 709. The molecule has 1 amide bonds. The first-order valence-electron chi connectivity index (χ1n) is 6.44. The summed E-state index contributed by atoms with van der Waals surface area (Å²) in [6.07, 6.45) is -0.577. The molecule has 2 aromatic rings. The van der Waals surface area contributed by atoms with Crippen LogP contribution in [0.5, 0.6) is 5.75 Å². The lowest BCUT2D eigenvalue weighted by Gasteiger charge is -2.32. The Kier molecular flexibility index (Phi) is 3.39. The number of benzene rings is 1. The Labute approximate surface area is 125 Å². The van der Waals surface area contributed by atoms with Crippen LogP contribution in [0.4, 0.5) is 5.69 Å². The van der Waals surface area contributed by atoms with E-state index in [4.69, 9.17) is 4.74 Å². The van der Waals surface area contributed by atoms with E-state index in [0.29, 0.717) is 17.0 Å². The molecule has 1 atom stereocenters. The summed E-state index contributed by atoms with van der Waals surface area (Å²) < 4.78 is 5.57. The highest BCUT2D eigenvalue weighted by molar-refractivity contribution is 7.12. The summed E-state index contributed by atoms with van der Waals surface area (Å²) in [7, 11) is 0. The van der Waals surface area contributed by atoms with Gasteiger partial charge in [-0.05, 0) is 36.1 Å². The summed E-state index contributed by atoms with van der Waals surface area (Å²) in [5, 5.41) is 10.9. The van der Waals surface area contributed by atoms with Crippen LogP contribution in [0.15, 0.2) is 35.7 Å². The molecule has 3 rings (SSSR count). The van der Waals surface area contributed by atoms with Crippen molar-refractivity contribution in [1.29, 1.82) is 0 Å². The number of fused-ring (bicyclic) bond motifs is 1. The first-order valence-corrected chi connectivity index (χ1v) is 7.32. The van der Waals surface area contributed by atoms with Gasteiger partial charge in [-0.15, -0.1) is 11.3 Å². The van der Waals surface area contributed by atoms with Gasteiger partial charge in [-0.1, -0.05) is 12.1 Å². The Morgan fingerprint density at radius 1 is 1.38 bits per heavy atom. The average Bonchev–Trinajstić information content (AvgIpc) is 2.92. The third kappa shape index (κ3) is 2.38. The molecule has 2 heterocycles. The minimum absolute atomic E-state index is 0.170. The van der Waals surface area contributed by atoms with Crippen LogP contribution in [-0.2, 0) is 11.3 Å². The Hall–Kier alpha value is -2.34. The van der Waals surface area contributed by atoms with E-state index in [2.05, 4.69) is 0 Å². The number of anilines is 1. The summed E-state index contributed by atoms with van der Waals surface area (Å²) in [5.41, 5.74) is 1.30. The molecular weight excluding hydrogens is 290 g/mol. The van der Waals surface area contributed by atoms with Crippen molar-refractivity contribution in [3.05, 3.63) is 46.2 Å². The van der Waals surface area contributed by atoms with Crippen LogP contribution >= 0.6 is 11.3 Å². The van der Waals surface area contributed by atoms with Gasteiger partial charge in [0.2, 0.25) is 0 Å². The fourth-order valence-corrected chi connectivity index (χ4v) is 3.09. The van der Waals surface area contributed by atoms with Gasteiger partial charge >= 0.3 is 5.97 Å². The number of ether oxygens (including phenoxy) is 1. The highest BCUT2D eigenvalue weighted by Gasteiger charge is 2.32. The number of carboxylic acid groups (broad SMARTS) is 1. The molecule has 0 fully saturated rings. The van der Waals surface area contributed by atoms with Crippen LogP contribution in [0, 0.1) is 0 Å². The van der Waals surface area contributed by atoms with Gasteiger partial charge in [0.15, 0.2) is 6.10 Å². The Morgan fingerprint density at radius 3 is 2.90 bits per heavy atom. The fraction of sp³-hybridized carbons (Fsp3) is 0.200. The van der Waals surface area contributed by atoms with Gasteiger partial charge in [0.25, 0.3) is 5.91 Å². The summed E-state index contributed by atoms with van der Waals surface area (Å²) in [6, 6.07) is 9.00. The van der Waals surface area contributed by atoms with Gasteiger partial charge in [-0.25, -0.2) is 4.79 Å². The molecule has 21 heavy (non-hydrogen) atoms. The minimum Gasteiger partial charge on any atom is -0.479 e. The molecule has 1 aromatic carbocycles. The van der Waals surface area contributed by atoms with Crippen molar-refractivity contribution in [2.75, 3.05) is 4.90 Å². The highest BCUT2D eigenvalue weighted by Crippen LogP contribution is 2.35. The lowest BCUT2D eigenvalue weighted by molar-refractivity contribution is -0.125. The number of amides is 1. The van der Waals surface area contributed by atoms with Crippen molar-refractivity contribution >= 4 is 28.9 Å². The van der Waals surface area contributed by atoms with Crippen LogP contribution < -0.4 is 9.64 Å². The second-order valence-corrected chi connectivity index (χ2v) is 5.65. The first kappa shape index (κ1) is 13.6.